The maximum absolute atomic E-state index is 13.0. The van der Waals surface area contributed by atoms with Gasteiger partial charge in [0.25, 0.3) is 0 Å². The minimum Gasteiger partial charge on any atom is -0.385 e. The summed E-state index contributed by atoms with van der Waals surface area (Å²) in [6.07, 6.45) is -4.93. The van der Waals surface area contributed by atoms with Crippen LogP contribution in [-0.4, -0.2) is 44.3 Å². The molecule has 0 amide bonds. The van der Waals surface area contributed by atoms with Gasteiger partial charge in [-0.25, -0.2) is 4.98 Å². The highest BCUT2D eigenvalue weighted by Crippen LogP contribution is 2.36. The first-order valence-corrected chi connectivity index (χ1v) is 11.5. The monoisotopic (exact) mass is 357 g/mol. The van der Waals surface area contributed by atoms with Crippen LogP contribution in [0.1, 0.15) is 11.1 Å². The highest BCUT2D eigenvalue weighted by atomic mass is 32.1. The molecule has 0 aliphatic rings. The van der Waals surface area contributed by atoms with Gasteiger partial charge in [-0.2, -0.15) is 13.2 Å². The standard InChI is InChI=1S/C13H22F3NO3SSi/c1-22(2,3)7-5-19-9-20-8-10(13(14,15)16)11(18)12-17-4-6-21-12/h4,6,10-11,18H,5,7-9H2,1-3H3. The number of halogens is 3. The zero-order chi connectivity index (χ0) is 16.8. The molecule has 9 heteroatoms. The van der Waals surface area contributed by atoms with Crippen LogP contribution in [0.5, 0.6) is 0 Å². The Morgan fingerprint density at radius 1 is 1.32 bits per heavy atom. The Hall–Kier alpha value is -0.483. The molecule has 0 bridgehead atoms. The summed E-state index contributed by atoms with van der Waals surface area (Å²) in [4.78, 5) is 3.72. The van der Waals surface area contributed by atoms with Crippen LogP contribution in [0, 0.1) is 5.92 Å². The summed E-state index contributed by atoms with van der Waals surface area (Å²) in [7, 11) is -1.23. The highest BCUT2D eigenvalue weighted by Gasteiger charge is 2.45. The van der Waals surface area contributed by atoms with Gasteiger partial charge in [0.2, 0.25) is 0 Å². The number of rotatable bonds is 9. The third-order valence-electron chi connectivity index (χ3n) is 2.97. The summed E-state index contributed by atoms with van der Waals surface area (Å²) in [5.74, 6) is -2.01. The molecule has 1 aromatic heterocycles. The van der Waals surface area contributed by atoms with Crippen LogP contribution < -0.4 is 0 Å². The normalized spacial score (nSPS) is 15.8. The van der Waals surface area contributed by atoms with E-state index in [-0.39, 0.29) is 11.8 Å². The van der Waals surface area contributed by atoms with Gasteiger partial charge in [-0.3, -0.25) is 0 Å². The van der Waals surface area contributed by atoms with Crippen molar-refractivity contribution in [1.82, 2.24) is 4.98 Å². The molecule has 4 nitrogen and oxygen atoms in total. The number of hydrogen-bond acceptors (Lipinski definition) is 5. The molecule has 1 heterocycles. The third-order valence-corrected chi connectivity index (χ3v) is 5.52. The second kappa shape index (κ2) is 8.39. The molecule has 0 aromatic carbocycles. The lowest BCUT2D eigenvalue weighted by Crippen LogP contribution is -2.33. The first-order valence-electron chi connectivity index (χ1n) is 6.91. The van der Waals surface area contributed by atoms with Crippen molar-refractivity contribution in [2.45, 2.75) is 38.0 Å². The van der Waals surface area contributed by atoms with Crippen molar-refractivity contribution >= 4 is 19.4 Å². The molecule has 0 saturated carbocycles. The van der Waals surface area contributed by atoms with E-state index in [0.717, 1.165) is 17.4 Å². The molecule has 0 aliphatic carbocycles. The average Bonchev–Trinajstić information content (AvgIpc) is 2.88. The van der Waals surface area contributed by atoms with Crippen molar-refractivity contribution in [2.24, 2.45) is 5.92 Å². The van der Waals surface area contributed by atoms with Crippen LogP contribution in [0.2, 0.25) is 25.7 Å². The molecule has 1 N–H and O–H groups in total. The fourth-order valence-electron chi connectivity index (χ4n) is 1.59. The second-order valence-corrected chi connectivity index (χ2v) is 12.7. The average molecular weight is 357 g/mol. The molecule has 0 spiro atoms. The van der Waals surface area contributed by atoms with Crippen LogP contribution in [-0.2, 0) is 9.47 Å². The first-order chi connectivity index (χ1) is 10.1. The minimum absolute atomic E-state index is 0.0329. The van der Waals surface area contributed by atoms with Crippen LogP contribution in [0.25, 0.3) is 0 Å². The van der Waals surface area contributed by atoms with E-state index in [0.29, 0.717) is 6.61 Å². The van der Waals surface area contributed by atoms with Gasteiger partial charge in [0.05, 0.1) is 6.61 Å². The molecule has 0 saturated heterocycles. The summed E-state index contributed by atoms with van der Waals surface area (Å²) < 4.78 is 49.1. The van der Waals surface area contributed by atoms with E-state index in [1.165, 1.54) is 11.6 Å². The number of hydrogen-bond donors (Lipinski definition) is 1. The minimum atomic E-state index is -4.57. The van der Waals surface area contributed by atoms with E-state index in [1.54, 1.807) is 0 Å². The quantitative estimate of drug-likeness (QED) is 0.416. The Morgan fingerprint density at radius 2 is 2.00 bits per heavy atom. The van der Waals surface area contributed by atoms with E-state index < -0.39 is 32.9 Å². The number of ether oxygens (including phenoxy) is 2. The maximum atomic E-state index is 13.0. The van der Waals surface area contributed by atoms with Crippen molar-refractivity contribution in [1.29, 1.82) is 0 Å². The zero-order valence-corrected chi connectivity index (χ0v) is 14.7. The lowest BCUT2D eigenvalue weighted by molar-refractivity contribution is -0.222. The summed E-state index contributed by atoms with van der Waals surface area (Å²) >= 11 is 0.982. The van der Waals surface area contributed by atoms with Gasteiger partial charge in [0.1, 0.15) is 23.8 Å². The molecule has 0 fully saturated rings. The number of thiazole rings is 1. The molecule has 2 atom stereocenters. The molecular formula is C13H22F3NO3SSi. The van der Waals surface area contributed by atoms with E-state index in [4.69, 9.17) is 9.47 Å². The lowest BCUT2D eigenvalue weighted by atomic mass is 10.0. The van der Waals surface area contributed by atoms with Gasteiger partial charge < -0.3 is 14.6 Å². The van der Waals surface area contributed by atoms with Crippen LogP contribution >= 0.6 is 11.3 Å². The number of alkyl halides is 3. The van der Waals surface area contributed by atoms with Crippen LogP contribution in [0.15, 0.2) is 11.6 Å². The summed E-state index contributed by atoms with van der Waals surface area (Å²) in [5, 5.41) is 11.4. The van der Waals surface area contributed by atoms with E-state index >= 15 is 0 Å². The van der Waals surface area contributed by atoms with E-state index in [9.17, 15) is 18.3 Å². The second-order valence-electron chi connectivity index (χ2n) is 6.17. The molecule has 1 rings (SSSR count). The number of aromatic nitrogens is 1. The zero-order valence-electron chi connectivity index (χ0n) is 12.9. The Kier molecular flexibility index (Phi) is 7.46. The lowest BCUT2D eigenvalue weighted by Gasteiger charge is -2.24. The predicted octanol–water partition coefficient (Wildman–Crippen LogP) is 3.68. The number of nitrogens with zero attached hydrogens (tertiary/aromatic N) is 1. The largest absolute Gasteiger partial charge is 0.396 e. The molecule has 1 aromatic rings. The number of aliphatic hydroxyl groups excluding tert-OH is 1. The molecule has 22 heavy (non-hydrogen) atoms. The Morgan fingerprint density at radius 3 is 2.50 bits per heavy atom. The fraction of sp³-hybridized carbons (Fsp3) is 0.769. The van der Waals surface area contributed by atoms with Crippen LogP contribution in [0.3, 0.4) is 0 Å². The SMILES string of the molecule is C[Si](C)(C)CCOCOCC(C(O)c1nccs1)C(F)(F)F. The predicted molar refractivity (Wildman–Crippen MR) is 81.5 cm³/mol. The van der Waals surface area contributed by atoms with Crippen molar-refractivity contribution in [3.8, 4) is 0 Å². The molecule has 0 radical (unpaired) electrons. The Labute approximate surface area is 133 Å². The van der Waals surface area contributed by atoms with Gasteiger partial charge in [0.15, 0.2) is 0 Å². The molecule has 2 unspecified atom stereocenters. The molecule has 128 valence electrons. The van der Waals surface area contributed by atoms with Gasteiger partial charge in [-0.15, -0.1) is 11.3 Å². The van der Waals surface area contributed by atoms with Gasteiger partial charge in [-0.05, 0) is 6.04 Å². The van der Waals surface area contributed by atoms with Crippen LogP contribution in [0.4, 0.5) is 13.2 Å². The van der Waals surface area contributed by atoms with Gasteiger partial charge in [0, 0.05) is 26.3 Å². The first kappa shape index (κ1) is 19.6. The maximum Gasteiger partial charge on any atom is 0.396 e. The van der Waals surface area contributed by atoms with Gasteiger partial charge >= 0.3 is 6.18 Å². The van der Waals surface area contributed by atoms with Crippen molar-refractivity contribution in [2.75, 3.05) is 20.0 Å². The number of aliphatic hydroxyl groups is 1. The summed E-state index contributed by atoms with van der Waals surface area (Å²) in [6.45, 7) is 6.16. The topological polar surface area (TPSA) is 51.6 Å². The van der Waals surface area contributed by atoms with E-state index in [1.807, 2.05) is 0 Å². The Bertz CT molecular complexity index is 423. The van der Waals surface area contributed by atoms with Gasteiger partial charge in [-0.1, -0.05) is 19.6 Å². The van der Waals surface area contributed by atoms with E-state index in [2.05, 4.69) is 24.6 Å². The molecule has 0 aliphatic heterocycles. The third kappa shape index (κ3) is 7.19. The smallest absolute Gasteiger partial charge is 0.385 e. The van der Waals surface area contributed by atoms with Crippen molar-refractivity contribution in [3.63, 3.8) is 0 Å². The highest BCUT2D eigenvalue weighted by molar-refractivity contribution is 7.09. The summed E-state index contributed by atoms with van der Waals surface area (Å²) in [5.41, 5.74) is 0. The van der Waals surface area contributed by atoms with Crippen molar-refractivity contribution in [3.05, 3.63) is 16.6 Å². The van der Waals surface area contributed by atoms with Crippen molar-refractivity contribution < 1.29 is 27.8 Å². The molecular weight excluding hydrogens is 335 g/mol. The fourth-order valence-corrected chi connectivity index (χ4v) is 3.03. The summed E-state index contributed by atoms with van der Waals surface area (Å²) in [6, 6.07) is 0.917. The Balaban J connectivity index is 2.40.